The lowest BCUT2D eigenvalue weighted by molar-refractivity contribution is -0.954. The lowest BCUT2D eigenvalue weighted by atomic mass is 9.83. The average Bonchev–Trinajstić information content (AvgIpc) is 2.25. The molecule has 0 atom stereocenters. The fourth-order valence-corrected chi connectivity index (χ4v) is 3.03. The summed E-state index contributed by atoms with van der Waals surface area (Å²) >= 11 is 0. The zero-order chi connectivity index (χ0) is 11.4. The van der Waals surface area contributed by atoms with Crippen molar-refractivity contribution in [3.8, 4) is 0 Å². The maximum atomic E-state index is 9.82. The standard InChI is InChI=1S/C11H18N2O2/c1-10(2)7-11(3,4)9-8(10)12(14)5-6-13(9)15/h5-6,14-15H,7H2,1-4H3/q+2. The SMILES string of the molecule is CC1(C)CC(C)(C)c2c1[n+](O)cc[n+]2O. The van der Waals surface area contributed by atoms with Crippen molar-refractivity contribution in [2.45, 2.75) is 44.9 Å². The van der Waals surface area contributed by atoms with Gasteiger partial charge in [0.05, 0.1) is 10.8 Å². The number of hydrogen-bond donors (Lipinski definition) is 2. The van der Waals surface area contributed by atoms with Crippen molar-refractivity contribution in [2.75, 3.05) is 0 Å². The van der Waals surface area contributed by atoms with Gasteiger partial charge in [-0.3, -0.25) is 10.4 Å². The average molecular weight is 210 g/mol. The van der Waals surface area contributed by atoms with E-state index in [-0.39, 0.29) is 10.8 Å². The summed E-state index contributed by atoms with van der Waals surface area (Å²) in [6, 6.07) is 0. The van der Waals surface area contributed by atoms with E-state index < -0.39 is 0 Å². The van der Waals surface area contributed by atoms with Crippen molar-refractivity contribution in [2.24, 2.45) is 0 Å². The maximum Gasteiger partial charge on any atom is 0.311 e. The number of rotatable bonds is 0. The Morgan fingerprint density at radius 3 is 1.60 bits per heavy atom. The van der Waals surface area contributed by atoms with Crippen molar-refractivity contribution >= 4 is 0 Å². The summed E-state index contributed by atoms with van der Waals surface area (Å²) in [4.78, 5) is 0. The molecule has 0 saturated heterocycles. The first-order valence-electron chi connectivity index (χ1n) is 5.15. The largest absolute Gasteiger partial charge is 0.311 e. The van der Waals surface area contributed by atoms with E-state index in [1.807, 2.05) is 0 Å². The monoisotopic (exact) mass is 210 g/mol. The molecule has 2 N–H and O–H groups in total. The quantitative estimate of drug-likeness (QED) is 0.489. The summed E-state index contributed by atoms with van der Waals surface area (Å²) in [7, 11) is 0. The van der Waals surface area contributed by atoms with Gasteiger partial charge in [0.25, 0.3) is 12.4 Å². The molecule has 1 aliphatic carbocycles. The van der Waals surface area contributed by atoms with Crippen LogP contribution in [-0.2, 0) is 10.8 Å². The van der Waals surface area contributed by atoms with Crippen LogP contribution in [0.2, 0.25) is 0 Å². The van der Waals surface area contributed by atoms with Gasteiger partial charge in [-0.05, 0) is 34.1 Å². The number of aromatic nitrogens is 2. The molecule has 15 heavy (non-hydrogen) atoms. The summed E-state index contributed by atoms with van der Waals surface area (Å²) in [6.45, 7) is 8.31. The van der Waals surface area contributed by atoms with Gasteiger partial charge in [0.15, 0.2) is 0 Å². The van der Waals surface area contributed by atoms with Crippen LogP contribution in [0.5, 0.6) is 0 Å². The van der Waals surface area contributed by atoms with Gasteiger partial charge in [0, 0.05) is 9.46 Å². The Bertz CT molecular complexity index is 386. The summed E-state index contributed by atoms with van der Waals surface area (Å²) < 4.78 is 2.24. The topological polar surface area (TPSA) is 48.2 Å². The van der Waals surface area contributed by atoms with E-state index >= 15 is 0 Å². The van der Waals surface area contributed by atoms with Crippen molar-refractivity contribution < 1.29 is 19.9 Å². The molecule has 1 aromatic heterocycles. The predicted octanol–water partition coefficient (Wildman–Crippen LogP) is 0.695. The molecule has 1 heterocycles. The van der Waals surface area contributed by atoms with E-state index in [9.17, 15) is 10.4 Å². The van der Waals surface area contributed by atoms with Crippen molar-refractivity contribution in [1.29, 1.82) is 0 Å². The van der Waals surface area contributed by atoms with Crippen LogP contribution in [0, 0.1) is 0 Å². The Balaban J connectivity index is 2.80. The molecule has 4 heteroatoms. The molecule has 0 fully saturated rings. The first-order valence-corrected chi connectivity index (χ1v) is 5.15. The van der Waals surface area contributed by atoms with E-state index in [1.165, 1.54) is 12.4 Å². The zero-order valence-corrected chi connectivity index (χ0v) is 9.65. The Labute approximate surface area is 89.3 Å². The van der Waals surface area contributed by atoms with Gasteiger partial charge in [-0.2, -0.15) is 0 Å². The van der Waals surface area contributed by atoms with Crippen LogP contribution in [0.15, 0.2) is 12.4 Å². The van der Waals surface area contributed by atoms with Crippen LogP contribution < -0.4 is 9.46 Å². The summed E-state index contributed by atoms with van der Waals surface area (Å²) in [5.74, 6) is 0. The minimum atomic E-state index is -0.126. The second-order valence-corrected chi connectivity index (χ2v) is 5.63. The van der Waals surface area contributed by atoms with Crippen LogP contribution in [0.3, 0.4) is 0 Å². The van der Waals surface area contributed by atoms with Crippen molar-refractivity contribution in [3.63, 3.8) is 0 Å². The Kier molecular flexibility index (Phi) is 1.78. The normalized spacial score (nSPS) is 21.3. The number of nitrogens with zero attached hydrogens (tertiary/aromatic N) is 2. The van der Waals surface area contributed by atoms with Gasteiger partial charge in [-0.1, -0.05) is 0 Å². The van der Waals surface area contributed by atoms with Crippen LogP contribution >= 0.6 is 0 Å². The molecule has 0 bridgehead atoms. The highest BCUT2D eigenvalue weighted by Gasteiger charge is 2.57. The molecule has 4 nitrogen and oxygen atoms in total. The first-order chi connectivity index (χ1) is 6.76. The third kappa shape index (κ3) is 1.28. The molecule has 82 valence electrons. The van der Waals surface area contributed by atoms with E-state index in [0.29, 0.717) is 0 Å². The molecular weight excluding hydrogens is 192 g/mol. The second kappa shape index (κ2) is 2.62. The third-order valence-electron chi connectivity index (χ3n) is 3.20. The summed E-state index contributed by atoms with van der Waals surface area (Å²) in [5, 5.41) is 19.6. The van der Waals surface area contributed by atoms with Crippen molar-refractivity contribution in [3.05, 3.63) is 23.8 Å². The summed E-state index contributed by atoms with van der Waals surface area (Å²) in [5.41, 5.74) is 1.33. The van der Waals surface area contributed by atoms with Gasteiger partial charge >= 0.3 is 11.4 Å². The molecule has 0 spiro atoms. The van der Waals surface area contributed by atoms with E-state index in [4.69, 9.17) is 0 Å². The molecular formula is C11H18N2O2+2. The van der Waals surface area contributed by atoms with Crippen LogP contribution in [0.1, 0.15) is 45.5 Å². The number of fused-ring (bicyclic) bond motifs is 1. The minimum Gasteiger partial charge on any atom is -0.284 e. The van der Waals surface area contributed by atoms with E-state index in [0.717, 1.165) is 27.3 Å². The molecule has 0 aromatic carbocycles. The first kappa shape index (κ1) is 10.2. The second-order valence-electron chi connectivity index (χ2n) is 5.63. The molecule has 1 aromatic rings. The highest BCUT2D eigenvalue weighted by Crippen LogP contribution is 2.45. The molecule has 2 rings (SSSR count). The minimum absolute atomic E-state index is 0.126. The Hall–Kier alpha value is -1.32. The van der Waals surface area contributed by atoms with Gasteiger partial charge in [0.2, 0.25) is 0 Å². The number of hydrogen-bond acceptors (Lipinski definition) is 2. The lowest BCUT2D eigenvalue weighted by Gasteiger charge is -2.17. The van der Waals surface area contributed by atoms with Crippen LogP contribution in [0.25, 0.3) is 0 Å². The van der Waals surface area contributed by atoms with Gasteiger partial charge in [-0.25, -0.2) is 0 Å². The molecule has 0 radical (unpaired) electrons. The van der Waals surface area contributed by atoms with Gasteiger partial charge in [0.1, 0.15) is 0 Å². The lowest BCUT2D eigenvalue weighted by Crippen LogP contribution is -2.49. The fraction of sp³-hybridized carbons (Fsp3) is 0.636. The maximum absolute atomic E-state index is 9.82. The molecule has 0 aliphatic heterocycles. The van der Waals surface area contributed by atoms with Crippen LogP contribution in [-0.4, -0.2) is 10.4 Å². The van der Waals surface area contributed by atoms with E-state index in [2.05, 4.69) is 27.7 Å². The fourth-order valence-electron chi connectivity index (χ4n) is 3.03. The Morgan fingerprint density at radius 2 is 1.27 bits per heavy atom. The summed E-state index contributed by atoms with van der Waals surface area (Å²) in [6.07, 6.45) is 3.82. The van der Waals surface area contributed by atoms with Crippen molar-refractivity contribution in [1.82, 2.24) is 0 Å². The smallest absolute Gasteiger partial charge is 0.284 e. The third-order valence-corrected chi connectivity index (χ3v) is 3.20. The molecule has 0 unspecified atom stereocenters. The highest BCUT2D eigenvalue weighted by atomic mass is 16.5. The molecule has 0 amide bonds. The highest BCUT2D eigenvalue weighted by molar-refractivity contribution is 5.28. The Morgan fingerprint density at radius 1 is 0.933 bits per heavy atom. The molecule has 0 saturated carbocycles. The predicted molar refractivity (Wildman–Crippen MR) is 51.9 cm³/mol. The van der Waals surface area contributed by atoms with Gasteiger partial charge in [-0.15, -0.1) is 0 Å². The zero-order valence-electron chi connectivity index (χ0n) is 9.65. The van der Waals surface area contributed by atoms with E-state index in [1.54, 1.807) is 0 Å². The molecule has 1 aliphatic rings. The van der Waals surface area contributed by atoms with Gasteiger partial charge < -0.3 is 0 Å². The van der Waals surface area contributed by atoms with Crippen LogP contribution in [0.4, 0.5) is 0 Å².